The summed E-state index contributed by atoms with van der Waals surface area (Å²) >= 11 is 0. The standard InChI is InChI=1S/C23H24N4O3/c1-2-30-20-11-3-16(4-12-20)13-24-22(28)17-7-9-19(10-8-17)27-14-21(25-15-27)26-23(29)18-5-6-18/h3-4,7-12,14-15,18H,2,5-6,13H2,1H3,(H,24,28)(H,26,29). The van der Waals surface area contributed by atoms with Crippen LogP contribution in [-0.2, 0) is 11.3 Å². The first-order valence-corrected chi connectivity index (χ1v) is 10.1. The third-order valence-corrected chi connectivity index (χ3v) is 4.90. The van der Waals surface area contributed by atoms with Crippen molar-refractivity contribution in [3.63, 3.8) is 0 Å². The molecule has 0 saturated heterocycles. The highest BCUT2D eigenvalue weighted by molar-refractivity contribution is 5.94. The summed E-state index contributed by atoms with van der Waals surface area (Å²) in [7, 11) is 0. The van der Waals surface area contributed by atoms with Crippen LogP contribution in [0.1, 0.15) is 35.7 Å². The van der Waals surface area contributed by atoms with Crippen molar-refractivity contribution in [3.05, 3.63) is 72.2 Å². The number of ether oxygens (including phenoxy) is 1. The van der Waals surface area contributed by atoms with Gasteiger partial charge in [-0.1, -0.05) is 12.1 Å². The molecule has 1 fully saturated rings. The molecule has 0 bridgehead atoms. The number of nitrogens with zero attached hydrogens (tertiary/aromatic N) is 2. The number of aromatic nitrogens is 2. The Morgan fingerprint density at radius 1 is 1.10 bits per heavy atom. The Hall–Kier alpha value is -3.61. The van der Waals surface area contributed by atoms with E-state index in [4.69, 9.17) is 4.74 Å². The van der Waals surface area contributed by atoms with Gasteiger partial charge in [-0.15, -0.1) is 0 Å². The molecule has 2 aromatic carbocycles. The van der Waals surface area contributed by atoms with Crippen LogP contribution < -0.4 is 15.4 Å². The third-order valence-electron chi connectivity index (χ3n) is 4.90. The predicted octanol–water partition coefficient (Wildman–Crippen LogP) is 3.55. The average Bonchev–Trinajstić information content (AvgIpc) is 3.53. The lowest BCUT2D eigenvalue weighted by molar-refractivity contribution is -0.117. The van der Waals surface area contributed by atoms with Crippen molar-refractivity contribution >= 4 is 17.6 Å². The molecule has 1 heterocycles. The highest BCUT2D eigenvalue weighted by Gasteiger charge is 2.29. The molecule has 1 aromatic heterocycles. The van der Waals surface area contributed by atoms with Crippen molar-refractivity contribution in [1.82, 2.24) is 14.9 Å². The lowest BCUT2D eigenvalue weighted by atomic mass is 10.1. The van der Waals surface area contributed by atoms with Crippen molar-refractivity contribution in [2.75, 3.05) is 11.9 Å². The fourth-order valence-electron chi connectivity index (χ4n) is 3.04. The van der Waals surface area contributed by atoms with Crippen LogP contribution >= 0.6 is 0 Å². The monoisotopic (exact) mass is 404 g/mol. The molecule has 1 aliphatic rings. The molecule has 0 spiro atoms. The largest absolute Gasteiger partial charge is 0.494 e. The van der Waals surface area contributed by atoms with Gasteiger partial charge < -0.3 is 19.9 Å². The summed E-state index contributed by atoms with van der Waals surface area (Å²) in [4.78, 5) is 28.5. The Balaban J connectivity index is 1.33. The SMILES string of the molecule is CCOc1ccc(CNC(=O)c2ccc(-n3cnc(NC(=O)C4CC4)c3)cc2)cc1. The van der Waals surface area contributed by atoms with E-state index in [1.165, 1.54) is 0 Å². The Kier molecular flexibility index (Phi) is 5.79. The molecule has 7 nitrogen and oxygen atoms in total. The fourth-order valence-corrected chi connectivity index (χ4v) is 3.04. The van der Waals surface area contributed by atoms with Gasteiger partial charge in [0.1, 0.15) is 12.1 Å². The molecule has 0 radical (unpaired) electrons. The van der Waals surface area contributed by atoms with Gasteiger partial charge in [-0.25, -0.2) is 4.98 Å². The number of anilines is 1. The molecule has 4 rings (SSSR count). The molecule has 3 aromatic rings. The number of carbonyl (C=O) groups excluding carboxylic acids is 2. The molecule has 0 unspecified atom stereocenters. The number of imidazole rings is 1. The van der Waals surface area contributed by atoms with E-state index in [0.29, 0.717) is 24.5 Å². The molecule has 7 heteroatoms. The van der Waals surface area contributed by atoms with Crippen molar-refractivity contribution < 1.29 is 14.3 Å². The minimum atomic E-state index is -0.140. The van der Waals surface area contributed by atoms with E-state index in [1.807, 2.05) is 47.9 Å². The van der Waals surface area contributed by atoms with Gasteiger partial charge in [0.25, 0.3) is 5.91 Å². The second kappa shape index (κ2) is 8.82. The smallest absolute Gasteiger partial charge is 0.251 e. The maximum atomic E-state index is 12.4. The third kappa shape index (κ3) is 4.86. The number of carbonyl (C=O) groups is 2. The van der Waals surface area contributed by atoms with Crippen LogP contribution in [-0.4, -0.2) is 28.0 Å². The molecule has 30 heavy (non-hydrogen) atoms. The summed E-state index contributed by atoms with van der Waals surface area (Å²) in [6.45, 7) is 3.01. The van der Waals surface area contributed by atoms with Crippen molar-refractivity contribution in [2.45, 2.75) is 26.3 Å². The van der Waals surface area contributed by atoms with E-state index in [2.05, 4.69) is 15.6 Å². The van der Waals surface area contributed by atoms with Gasteiger partial charge in [0, 0.05) is 23.7 Å². The van der Waals surface area contributed by atoms with E-state index < -0.39 is 0 Å². The normalized spacial score (nSPS) is 13.0. The van der Waals surface area contributed by atoms with Gasteiger partial charge in [0.15, 0.2) is 5.82 Å². The molecule has 0 aliphatic heterocycles. The molecule has 154 valence electrons. The number of hydrogen-bond acceptors (Lipinski definition) is 4. The van der Waals surface area contributed by atoms with Crippen LogP contribution in [0.25, 0.3) is 5.69 Å². The maximum Gasteiger partial charge on any atom is 0.251 e. The number of benzene rings is 2. The van der Waals surface area contributed by atoms with Gasteiger partial charge in [0.05, 0.1) is 12.8 Å². The number of amides is 2. The maximum absolute atomic E-state index is 12.4. The number of nitrogens with one attached hydrogen (secondary N) is 2. The molecule has 1 aliphatic carbocycles. The Morgan fingerprint density at radius 2 is 1.83 bits per heavy atom. The van der Waals surface area contributed by atoms with Gasteiger partial charge in [-0.3, -0.25) is 9.59 Å². The van der Waals surface area contributed by atoms with E-state index in [0.717, 1.165) is 29.8 Å². The first kappa shape index (κ1) is 19.7. The van der Waals surface area contributed by atoms with Crippen molar-refractivity contribution in [1.29, 1.82) is 0 Å². The first-order chi connectivity index (χ1) is 14.6. The highest BCUT2D eigenvalue weighted by atomic mass is 16.5. The summed E-state index contributed by atoms with van der Waals surface area (Å²) in [5.74, 6) is 1.37. The molecule has 2 N–H and O–H groups in total. The molecule has 2 amide bonds. The van der Waals surface area contributed by atoms with Crippen LogP contribution in [0.2, 0.25) is 0 Å². The van der Waals surface area contributed by atoms with Crippen LogP contribution in [0.3, 0.4) is 0 Å². The molecule has 0 atom stereocenters. The zero-order chi connectivity index (χ0) is 20.9. The summed E-state index contributed by atoms with van der Waals surface area (Å²) in [5.41, 5.74) is 2.44. The van der Waals surface area contributed by atoms with Crippen LogP contribution in [0.4, 0.5) is 5.82 Å². The predicted molar refractivity (Wildman–Crippen MR) is 114 cm³/mol. The number of rotatable bonds is 8. The van der Waals surface area contributed by atoms with Crippen molar-refractivity contribution in [3.8, 4) is 11.4 Å². The zero-order valence-electron chi connectivity index (χ0n) is 16.8. The molecule has 1 saturated carbocycles. The Bertz CT molecular complexity index is 1020. The van der Waals surface area contributed by atoms with E-state index in [-0.39, 0.29) is 17.7 Å². The summed E-state index contributed by atoms with van der Waals surface area (Å²) in [6, 6.07) is 14.9. The lowest BCUT2D eigenvalue weighted by Crippen LogP contribution is -2.22. The second-order valence-electron chi connectivity index (χ2n) is 7.24. The summed E-state index contributed by atoms with van der Waals surface area (Å²) in [6.07, 6.45) is 5.31. The minimum absolute atomic E-state index is 0.0276. The Morgan fingerprint density at radius 3 is 2.50 bits per heavy atom. The van der Waals surface area contributed by atoms with E-state index in [1.54, 1.807) is 24.7 Å². The van der Waals surface area contributed by atoms with E-state index in [9.17, 15) is 9.59 Å². The van der Waals surface area contributed by atoms with Crippen LogP contribution in [0.5, 0.6) is 5.75 Å². The summed E-state index contributed by atoms with van der Waals surface area (Å²) < 4.78 is 7.23. The molecular formula is C23H24N4O3. The first-order valence-electron chi connectivity index (χ1n) is 10.1. The van der Waals surface area contributed by atoms with Crippen molar-refractivity contribution in [2.24, 2.45) is 5.92 Å². The second-order valence-corrected chi connectivity index (χ2v) is 7.24. The Labute approximate surface area is 175 Å². The fraction of sp³-hybridized carbons (Fsp3) is 0.261. The minimum Gasteiger partial charge on any atom is -0.494 e. The van der Waals surface area contributed by atoms with Crippen LogP contribution in [0, 0.1) is 5.92 Å². The van der Waals surface area contributed by atoms with Crippen LogP contribution in [0.15, 0.2) is 61.1 Å². The quantitative estimate of drug-likeness (QED) is 0.601. The van der Waals surface area contributed by atoms with Gasteiger partial charge in [-0.05, 0) is 61.7 Å². The zero-order valence-corrected chi connectivity index (χ0v) is 16.8. The van der Waals surface area contributed by atoms with E-state index >= 15 is 0 Å². The van der Waals surface area contributed by atoms with Gasteiger partial charge >= 0.3 is 0 Å². The summed E-state index contributed by atoms with van der Waals surface area (Å²) in [5, 5.41) is 5.75. The topological polar surface area (TPSA) is 85.2 Å². The van der Waals surface area contributed by atoms with Gasteiger partial charge in [-0.2, -0.15) is 0 Å². The number of hydrogen-bond donors (Lipinski definition) is 2. The lowest BCUT2D eigenvalue weighted by Gasteiger charge is -2.08. The highest BCUT2D eigenvalue weighted by Crippen LogP contribution is 2.30. The average molecular weight is 404 g/mol. The van der Waals surface area contributed by atoms with Gasteiger partial charge in [0.2, 0.25) is 5.91 Å². The molecular weight excluding hydrogens is 380 g/mol.